The van der Waals surface area contributed by atoms with Crippen molar-refractivity contribution in [3.8, 4) is 0 Å². The van der Waals surface area contributed by atoms with Gasteiger partial charge in [-0.2, -0.15) is 0 Å². The molecule has 0 unspecified atom stereocenters. The second-order valence-corrected chi connectivity index (χ2v) is 7.27. The number of likely N-dealkylation sites (tertiary alicyclic amines) is 1. The lowest BCUT2D eigenvalue weighted by Crippen LogP contribution is -2.55. The number of pyridine rings is 1. The van der Waals surface area contributed by atoms with Gasteiger partial charge >= 0.3 is 0 Å². The minimum absolute atomic E-state index is 0. The third kappa shape index (κ3) is 7.48. The second-order valence-electron chi connectivity index (χ2n) is 7.27. The summed E-state index contributed by atoms with van der Waals surface area (Å²) in [6.45, 7) is 10.8. The van der Waals surface area contributed by atoms with E-state index in [-0.39, 0.29) is 29.5 Å². The van der Waals surface area contributed by atoms with Crippen molar-refractivity contribution in [2.45, 2.75) is 52.0 Å². The molecule has 1 saturated heterocycles. The molecule has 2 N–H and O–H groups in total. The molecule has 1 aromatic rings. The Morgan fingerprint density at radius 2 is 1.92 bits per heavy atom. The standard InChI is InChI=1S/C19H33N5.HI/c1-16-8-9-17(14-22-16)10-11-21-18(20-4)23-15-19(2,3)24-12-6-5-7-13-24;/h8-9,14H,5-7,10-13,15H2,1-4H3,(H2,20,21,23);1H. The fourth-order valence-electron chi connectivity index (χ4n) is 3.10. The molecule has 2 rings (SSSR count). The molecule has 5 nitrogen and oxygen atoms in total. The molecular formula is C19H34IN5. The maximum atomic E-state index is 4.34. The molecular weight excluding hydrogens is 425 g/mol. The zero-order valence-corrected chi connectivity index (χ0v) is 18.5. The molecule has 1 fully saturated rings. The summed E-state index contributed by atoms with van der Waals surface area (Å²) in [5, 5.41) is 6.88. The van der Waals surface area contributed by atoms with Crippen LogP contribution in [-0.4, -0.2) is 54.6 Å². The van der Waals surface area contributed by atoms with Gasteiger partial charge in [-0.05, 0) is 64.8 Å². The average molecular weight is 459 g/mol. The first-order valence-corrected chi connectivity index (χ1v) is 9.12. The van der Waals surface area contributed by atoms with Crippen molar-refractivity contribution >= 4 is 29.9 Å². The summed E-state index contributed by atoms with van der Waals surface area (Å²) in [4.78, 5) is 11.3. The highest BCUT2D eigenvalue weighted by Crippen LogP contribution is 2.19. The van der Waals surface area contributed by atoms with Crippen LogP contribution in [0.4, 0.5) is 0 Å². The lowest BCUT2D eigenvalue weighted by atomic mass is 9.98. The number of piperidine rings is 1. The average Bonchev–Trinajstić information content (AvgIpc) is 2.60. The topological polar surface area (TPSA) is 52.6 Å². The van der Waals surface area contributed by atoms with Gasteiger partial charge in [0, 0.05) is 37.6 Å². The number of nitrogens with zero attached hydrogens (tertiary/aromatic N) is 3. The molecule has 0 bridgehead atoms. The Hall–Kier alpha value is -0.890. The molecule has 0 aromatic carbocycles. The number of aliphatic imine (C=N–C) groups is 1. The normalized spacial score (nSPS) is 16.2. The van der Waals surface area contributed by atoms with Crippen molar-refractivity contribution in [1.82, 2.24) is 20.5 Å². The molecule has 142 valence electrons. The van der Waals surface area contributed by atoms with Crippen LogP contribution in [0.5, 0.6) is 0 Å². The van der Waals surface area contributed by atoms with Gasteiger partial charge in [-0.3, -0.25) is 14.9 Å². The minimum atomic E-state index is 0. The van der Waals surface area contributed by atoms with E-state index in [1.807, 2.05) is 20.2 Å². The summed E-state index contributed by atoms with van der Waals surface area (Å²) in [5.74, 6) is 0.875. The van der Waals surface area contributed by atoms with Crippen molar-refractivity contribution in [2.24, 2.45) is 4.99 Å². The van der Waals surface area contributed by atoms with E-state index in [0.29, 0.717) is 0 Å². The summed E-state index contributed by atoms with van der Waals surface area (Å²) in [7, 11) is 1.83. The number of rotatable bonds is 6. The SMILES string of the molecule is CN=C(NCCc1ccc(C)nc1)NCC(C)(C)N1CCCCC1.I. The van der Waals surface area contributed by atoms with E-state index in [2.05, 4.69) is 51.5 Å². The number of halogens is 1. The molecule has 0 amide bonds. The van der Waals surface area contributed by atoms with Crippen LogP contribution in [0.15, 0.2) is 23.3 Å². The van der Waals surface area contributed by atoms with Crippen LogP contribution < -0.4 is 10.6 Å². The maximum Gasteiger partial charge on any atom is 0.191 e. The molecule has 0 aliphatic carbocycles. The predicted molar refractivity (Wildman–Crippen MR) is 117 cm³/mol. The molecule has 0 radical (unpaired) electrons. The summed E-state index contributed by atoms with van der Waals surface area (Å²) < 4.78 is 0. The lowest BCUT2D eigenvalue weighted by Gasteiger charge is -2.41. The van der Waals surface area contributed by atoms with Crippen molar-refractivity contribution in [3.63, 3.8) is 0 Å². The Kier molecular flexibility index (Phi) is 9.71. The lowest BCUT2D eigenvalue weighted by molar-refractivity contribution is 0.0982. The zero-order valence-electron chi connectivity index (χ0n) is 16.1. The summed E-state index contributed by atoms with van der Waals surface area (Å²) in [5.41, 5.74) is 2.46. The molecule has 1 aliphatic heterocycles. The molecule has 1 aromatic heterocycles. The fraction of sp³-hybridized carbons (Fsp3) is 0.684. The number of nitrogens with one attached hydrogen (secondary N) is 2. The third-order valence-electron chi connectivity index (χ3n) is 4.80. The molecule has 1 aliphatic rings. The number of aromatic nitrogens is 1. The van der Waals surface area contributed by atoms with Crippen molar-refractivity contribution < 1.29 is 0 Å². The number of guanidine groups is 1. The van der Waals surface area contributed by atoms with Gasteiger partial charge < -0.3 is 10.6 Å². The van der Waals surface area contributed by atoms with Crippen molar-refractivity contribution in [3.05, 3.63) is 29.6 Å². The van der Waals surface area contributed by atoms with Gasteiger partial charge in [0.25, 0.3) is 0 Å². The van der Waals surface area contributed by atoms with Crippen molar-refractivity contribution in [2.75, 3.05) is 33.2 Å². The smallest absolute Gasteiger partial charge is 0.191 e. The van der Waals surface area contributed by atoms with E-state index in [9.17, 15) is 0 Å². The highest BCUT2D eigenvalue weighted by molar-refractivity contribution is 14.0. The maximum absolute atomic E-state index is 4.34. The van der Waals surface area contributed by atoms with E-state index in [4.69, 9.17) is 0 Å². The number of hydrogen-bond donors (Lipinski definition) is 2. The third-order valence-corrected chi connectivity index (χ3v) is 4.80. The largest absolute Gasteiger partial charge is 0.356 e. The highest BCUT2D eigenvalue weighted by atomic mass is 127. The van der Waals surface area contributed by atoms with Crippen LogP contribution in [0.3, 0.4) is 0 Å². The van der Waals surface area contributed by atoms with E-state index >= 15 is 0 Å². The molecule has 0 spiro atoms. The van der Waals surface area contributed by atoms with Crippen LogP contribution in [0, 0.1) is 6.92 Å². The van der Waals surface area contributed by atoms with Crippen LogP contribution in [-0.2, 0) is 6.42 Å². The summed E-state index contributed by atoms with van der Waals surface area (Å²) in [6.07, 6.45) is 6.91. The van der Waals surface area contributed by atoms with Gasteiger partial charge in [0.2, 0.25) is 0 Å². The molecule has 6 heteroatoms. The monoisotopic (exact) mass is 459 g/mol. The Bertz CT molecular complexity index is 521. The van der Waals surface area contributed by atoms with Gasteiger partial charge in [0.15, 0.2) is 5.96 Å². The first-order valence-electron chi connectivity index (χ1n) is 9.12. The van der Waals surface area contributed by atoms with Crippen LogP contribution in [0.25, 0.3) is 0 Å². The van der Waals surface area contributed by atoms with Crippen LogP contribution in [0.2, 0.25) is 0 Å². The Balaban J connectivity index is 0.00000312. The Morgan fingerprint density at radius 1 is 1.20 bits per heavy atom. The molecule has 0 atom stereocenters. The van der Waals surface area contributed by atoms with E-state index < -0.39 is 0 Å². The highest BCUT2D eigenvalue weighted by Gasteiger charge is 2.27. The second kappa shape index (κ2) is 11.0. The summed E-state index contributed by atoms with van der Waals surface area (Å²) in [6, 6.07) is 4.20. The van der Waals surface area contributed by atoms with E-state index in [0.717, 1.165) is 31.2 Å². The quantitative estimate of drug-likeness (QED) is 0.390. The van der Waals surface area contributed by atoms with E-state index in [1.165, 1.54) is 37.9 Å². The fourth-order valence-corrected chi connectivity index (χ4v) is 3.10. The zero-order chi connectivity index (χ0) is 17.4. The Labute approximate surface area is 170 Å². The van der Waals surface area contributed by atoms with Gasteiger partial charge in [-0.25, -0.2) is 0 Å². The Morgan fingerprint density at radius 3 is 2.52 bits per heavy atom. The number of aryl methyl sites for hydroxylation is 1. The van der Waals surface area contributed by atoms with Gasteiger partial charge in [0.1, 0.15) is 0 Å². The van der Waals surface area contributed by atoms with E-state index in [1.54, 1.807) is 0 Å². The van der Waals surface area contributed by atoms with Crippen molar-refractivity contribution in [1.29, 1.82) is 0 Å². The molecule has 2 heterocycles. The van der Waals surface area contributed by atoms with Gasteiger partial charge in [-0.1, -0.05) is 12.5 Å². The molecule has 0 saturated carbocycles. The summed E-state index contributed by atoms with van der Waals surface area (Å²) >= 11 is 0. The molecule has 25 heavy (non-hydrogen) atoms. The van der Waals surface area contributed by atoms with Gasteiger partial charge in [0.05, 0.1) is 0 Å². The van der Waals surface area contributed by atoms with Crippen LogP contribution in [0.1, 0.15) is 44.4 Å². The predicted octanol–water partition coefficient (Wildman–Crippen LogP) is 2.98. The van der Waals surface area contributed by atoms with Gasteiger partial charge in [-0.15, -0.1) is 24.0 Å². The number of hydrogen-bond acceptors (Lipinski definition) is 3. The first-order chi connectivity index (χ1) is 11.5. The first kappa shape index (κ1) is 22.2. The van der Waals surface area contributed by atoms with Crippen LogP contribution >= 0.6 is 24.0 Å². The minimum Gasteiger partial charge on any atom is -0.356 e.